The monoisotopic (exact) mass is 213 g/mol. The van der Waals surface area contributed by atoms with Crippen LogP contribution < -0.4 is 0 Å². The van der Waals surface area contributed by atoms with Crippen molar-refractivity contribution in [3.05, 3.63) is 36.3 Å². The fourth-order valence-electron chi connectivity index (χ4n) is 1.48. The van der Waals surface area contributed by atoms with E-state index in [0.717, 1.165) is 18.5 Å². The summed E-state index contributed by atoms with van der Waals surface area (Å²) in [6.45, 7) is 2.10. The highest BCUT2D eigenvalue weighted by Crippen LogP contribution is 2.08. The van der Waals surface area contributed by atoms with E-state index in [1.165, 1.54) is 6.33 Å². The number of rotatable bonds is 3. The molecule has 0 aliphatic carbocycles. The van der Waals surface area contributed by atoms with Gasteiger partial charge in [-0.2, -0.15) is 5.26 Å². The maximum Gasteiger partial charge on any atom is 0.218 e. The van der Waals surface area contributed by atoms with Crippen LogP contribution in [0.2, 0.25) is 0 Å². The molecule has 0 saturated heterocycles. The summed E-state index contributed by atoms with van der Waals surface area (Å²) in [6.07, 6.45) is 6.76. The predicted octanol–water partition coefficient (Wildman–Crippen LogP) is 1.49. The van der Waals surface area contributed by atoms with Crippen molar-refractivity contribution >= 4 is 0 Å². The number of hydrogen-bond donors (Lipinski definition) is 0. The van der Waals surface area contributed by atoms with Crippen LogP contribution >= 0.6 is 0 Å². The molecule has 0 saturated carbocycles. The lowest BCUT2D eigenvalue weighted by atomic mass is 10.2. The van der Waals surface area contributed by atoms with Crippen molar-refractivity contribution in [2.24, 2.45) is 0 Å². The molecule has 0 unspecified atom stereocenters. The zero-order valence-corrected chi connectivity index (χ0v) is 8.96. The largest absolute Gasteiger partial charge is 0.275 e. The molecule has 5 heteroatoms. The van der Waals surface area contributed by atoms with Crippen LogP contribution in [0, 0.1) is 11.3 Å². The summed E-state index contributed by atoms with van der Waals surface area (Å²) in [5.41, 5.74) is 0.977. The molecule has 16 heavy (non-hydrogen) atoms. The van der Waals surface area contributed by atoms with Gasteiger partial charge in [0.1, 0.15) is 18.2 Å². The molecule has 0 aliphatic rings. The summed E-state index contributed by atoms with van der Waals surface area (Å²) >= 11 is 0. The van der Waals surface area contributed by atoms with Crippen LogP contribution in [0.25, 0.3) is 5.82 Å². The van der Waals surface area contributed by atoms with Gasteiger partial charge in [0.15, 0.2) is 0 Å². The molecule has 80 valence electrons. The summed E-state index contributed by atoms with van der Waals surface area (Å²) in [5.74, 6) is 1.02. The zero-order valence-electron chi connectivity index (χ0n) is 8.96. The van der Waals surface area contributed by atoms with Gasteiger partial charge in [-0.1, -0.05) is 13.3 Å². The average Bonchev–Trinajstić information content (AvgIpc) is 2.78. The van der Waals surface area contributed by atoms with Gasteiger partial charge in [0, 0.05) is 24.2 Å². The number of hydrogen-bond acceptors (Lipinski definition) is 4. The molecule has 2 heterocycles. The van der Waals surface area contributed by atoms with E-state index in [1.54, 1.807) is 17.0 Å². The first-order chi connectivity index (χ1) is 7.85. The van der Waals surface area contributed by atoms with Crippen LogP contribution in [0.4, 0.5) is 0 Å². The summed E-state index contributed by atoms with van der Waals surface area (Å²) in [7, 11) is 0. The van der Waals surface area contributed by atoms with E-state index in [9.17, 15) is 0 Å². The molecule has 0 amide bonds. The van der Waals surface area contributed by atoms with E-state index in [0.29, 0.717) is 11.6 Å². The van der Waals surface area contributed by atoms with Crippen molar-refractivity contribution in [2.45, 2.75) is 19.8 Å². The first-order valence-electron chi connectivity index (χ1n) is 5.10. The third-order valence-electron chi connectivity index (χ3n) is 2.20. The molecule has 5 nitrogen and oxygen atoms in total. The molecule has 0 atom stereocenters. The number of aromatic nitrogens is 4. The lowest BCUT2D eigenvalue weighted by molar-refractivity contribution is 0.854. The van der Waals surface area contributed by atoms with Gasteiger partial charge in [-0.15, -0.1) is 0 Å². The quantitative estimate of drug-likeness (QED) is 0.774. The van der Waals surface area contributed by atoms with Gasteiger partial charge < -0.3 is 0 Å². The first-order valence-corrected chi connectivity index (χ1v) is 5.10. The van der Waals surface area contributed by atoms with Gasteiger partial charge in [0.25, 0.3) is 0 Å². The van der Waals surface area contributed by atoms with E-state index in [4.69, 9.17) is 5.26 Å². The van der Waals surface area contributed by atoms with Crippen LogP contribution in [0.1, 0.15) is 24.9 Å². The number of nitriles is 1. The normalized spacial score (nSPS) is 10.0. The van der Waals surface area contributed by atoms with E-state index in [2.05, 4.69) is 21.9 Å². The third-order valence-corrected chi connectivity index (χ3v) is 2.20. The first kappa shape index (κ1) is 10.3. The molecule has 0 aromatic carbocycles. The maximum atomic E-state index is 8.86. The van der Waals surface area contributed by atoms with Gasteiger partial charge in [0.05, 0.1) is 0 Å². The van der Waals surface area contributed by atoms with Crippen LogP contribution in [0.3, 0.4) is 0 Å². The Labute approximate surface area is 93.4 Å². The SMILES string of the molecule is CCCc1cc(-n2ccnc2C#N)ncn1. The number of imidazole rings is 1. The summed E-state index contributed by atoms with van der Waals surface area (Å²) in [6, 6.07) is 3.90. The highest BCUT2D eigenvalue weighted by molar-refractivity contribution is 5.29. The Morgan fingerprint density at radius 2 is 2.25 bits per heavy atom. The minimum atomic E-state index is 0.334. The van der Waals surface area contributed by atoms with E-state index < -0.39 is 0 Å². The maximum absolute atomic E-state index is 8.86. The smallest absolute Gasteiger partial charge is 0.218 e. The summed E-state index contributed by atoms with van der Waals surface area (Å²) in [5, 5.41) is 8.86. The van der Waals surface area contributed by atoms with Crippen molar-refractivity contribution in [3.8, 4) is 11.9 Å². The molecule has 0 bridgehead atoms. The van der Waals surface area contributed by atoms with Gasteiger partial charge >= 0.3 is 0 Å². The molecule has 0 radical (unpaired) electrons. The lowest BCUT2D eigenvalue weighted by Gasteiger charge is -2.03. The highest BCUT2D eigenvalue weighted by atomic mass is 15.1. The molecule has 2 rings (SSSR count). The van der Waals surface area contributed by atoms with E-state index >= 15 is 0 Å². The van der Waals surface area contributed by atoms with Gasteiger partial charge in [0.2, 0.25) is 5.82 Å². The van der Waals surface area contributed by atoms with Crippen molar-refractivity contribution in [1.29, 1.82) is 5.26 Å². The number of aryl methyl sites for hydroxylation is 1. The molecule has 2 aromatic heterocycles. The Morgan fingerprint density at radius 3 is 3.00 bits per heavy atom. The standard InChI is InChI=1S/C11H11N5/c1-2-3-9-6-10(15-8-14-9)16-5-4-13-11(16)7-12/h4-6,8H,2-3H2,1H3. The third kappa shape index (κ3) is 1.91. The molecule has 0 spiro atoms. The van der Waals surface area contributed by atoms with Gasteiger partial charge in [-0.3, -0.25) is 4.57 Å². The topological polar surface area (TPSA) is 67.4 Å². The Balaban J connectivity index is 2.41. The fraction of sp³-hybridized carbons (Fsp3) is 0.273. The van der Waals surface area contributed by atoms with Crippen molar-refractivity contribution in [3.63, 3.8) is 0 Å². The second kappa shape index (κ2) is 4.53. The minimum absolute atomic E-state index is 0.334. The van der Waals surface area contributed by atoms with Crippen molar-refractivity contribution < 1.29 is 0 Å². The van der Waals surface area contributed by atoms with Crippen LogP contribution in [-0.4, -0.2) is 19.5 Å². The summed E-state index contributed by atoms with van der Waals surface area (Å²) in [4.78, 5) is 12.2. The fourth-order valence-corrected chi connectivity index (χ4v) is 1.48. The van der Waals surface area contributed by atoms with Crippen LogP contribution in [0.15, 0.2) is 24.8 Å². The van der Waals surface area contributed by atoms with Crippen LogP contribution in [0.5, 0.6) is 0 Å². The predicted molar refractivity (Wildman–Crippen MR) is 57.9 cm³/mol. The molecule has 2 aromatic rings. The minimum Gasteiger partial charge on any atom is -0.275 e. The van der Waals surface area contributed by atoms with E-state index in [-0.39, 0.29) is 0 Å². The van der Waals surface area contributed by atoms with Gasteiger partial charge in [-0.05, 0) is 6.42 Å². The van der Waals surface area contributed by atoms with E-state index in [1.807, 2.05) is 12.1 Å². The Bertz CT molecular complexity index is 523. The second-order valence-electron chi connectivity index (χ2n) is 3.35. The Hall–Kier alpha value is -2.22. The zero-order chi connectivity index (χ0) is 11.4. The molecular weight excluding hydrogens is 202 g/mol. The average molecular weight is 213 g/mol. The van der Waals surface area contributed by atoms with Crippen LogP contribution in [-0.2, 0) is 6.42 Å². The van der Waals surface area contributed by atoms with Gasteiger partial charge in [-0.25, -0.2) is 15.0 Å². The molecule has 0 N–H and O–H groups in total. The summed E-state index contributed by atoms with van der Waals surface area (Å²) < 4.78 is 1.65. The van der Waals surface area contributed by atoms with Crippen molar-refractivity contribution in [2.75, 3.05) is 0 Å². The molecular formula is C11H11N5. The highest BCUT2D eigenvalue weighted by Gasteiger charge is 2.05. The second-order valence-corrected chi connectivity index (χ2v) is 3.35. The van der Waals surface area contributed by atoms with Crippen molar-refractivity contribution in [1.82, 2.24) is 19.5 Å². The molecule has 0 aliphatic heterocycles. The number of nitrogens with zero attached hydrogens (tertiary/aromatic N) is 5. The Morgan fingerprint density at radius 1 is 1.38 bits per heavy atom. The molecule has 0 fully saturated rings. The lowest BCUT2D eigenvalue weighted by Crippen LogP contribution is -2.02. The Kier molecular flexibility index (Phi) is 2.92.